The van der Waals surface area contributed by atoms with Crippen molar-refractivity contribution in [1.29, 1.82) is 0 Å². The minimum atomic E-state index is -1.32. The number of carboxylic acids is 1. The van der Waals surface area contributed by atoms with Gasteiger partial charge in [-0.1, -0.05) is 0 Å². The number of carbonyl (C=O) groups is 1. The summed E-state index contributed by atoms with van der Waals surface area (Å²) in [4.78, 5) is 18.1. The second kappa shape index (κ2) is 4.56. The second-order valence-electron chi connectivity index (χ2n) is 3.10. The highest BCUT2D eigenvalue weighted by Crippen LogP contribution is 2.21. The molecule has 1 aromatic heterocycles. The lowest BCUT2D eigenvalue weighted by molar-refractivity contribution is 0.0692. The Hall–Kier alpha value is -2.50. The molecule has 1 heterocycles. The van der Waals surface area contributed by atoms with Crippen LogP contribution in [-0.4, -0.2) is 21.0 Å². The highest BCUT2D eigenvalue weighted by Gasteiger charge is 2.11. The number of nitrogens with zero attached hydrogens (tertiary/aromatic N) is 2. The fourth-order valence-corrected chi connectivity index (χ4v) is 1.19. The Labute approximate surface area is 95.5 Å². The smallest absolute Gasteiger partial charge is 0.338 e. The largest absolute Gasteiger partial charge is 0.478 e. The molecule has 0 atom stereocenters. The fraction of sp³-hybridized carbons (Fsp3) is 0. The van der Waals surface area contributed by atoms with Crippen molar-refractivity contribution < 1.29 is 19.0 Å². The molecule has 0 aliphatic rings. The zero-order chi connectivity index (χ0) is 12.3. The molecule has 1 N–H and O–H groups in total. The van der Waals surface area contributed by atoms with Crippen LogP contribution in [0.15, 0.2) is 36.8 Å². The SMILES string of the molecule is O=C(O)c1ccc(Oc2ccncn2)cc1F. The van der Waals surface area contributed by atoms with Crippen molar-refractivity contribution >= 4 is 5.97 Å². The molecule has 0 unspecified atom stereocenters. The molecule has 0 radical (unpaired) electrons. The number of aromatic carboxylic acids is 1. The van der Waals surface area contributed by atoms with E-state index in [0.717, 1.165) is 12.1 Å². The Morgan fingerprint density at radius 2 is 2.18 bits per heavy atom. The van der Waals surface area contributed by atoms with E-state index < -0.39 is 17.3 Å². The molecule has 17 heavy (non-hydrogen) atoms. The first kappa shape index (κ1) is 11.0. The molecule has 2 aromatic rings. The molecule has 0 amide bonds. The Kier molecular flexibility index (Phi) is 2.95. The minimum absolute atomic E-state index is 0.172. The molecular weight excluding hydrogens is 227 g/mol. The van der Waals surface area contributed by atoms with E-state index in [4.69, 9.17) is 9.84 Å². The molecule has 0 aliphatic carbocycles. The maximum Gasteiger partial charge on any atom is 0.338 e. The summed E-state index contributed by atoms with van der Waals surface area (Å²) in [5.74, 6) is -1.76. The third-order valence-corrected chi connectivity index (χ3v) is 1.95. The summed E-state index contributed by atoms with van der Waals surface area (Å²) in [7, 11) is 0. The molecule has 5 nitrogen and oxygen atoms in total. The van der Waals surface area contributed by atoms with Crippen molar-refractivity contribution in [3.8, 4) is 11.6 Å². The van der Waals surface area contributed by atoms with E-state index in [2.05, 4.69) is 9.97 Å². The van der Waals surface area contributed by atoms with Crippen LogP contribution in [0.1, 0.15) is 10.4 Å². The van der Waals surface area contributed by atoms with E-state index in [1.165, 1.54) is 24.7 Å². The van der Waals surface area contributed by atoms with Gasteiger partial charge in [0.25, 0.3) is 0 Å². The van der Waals surface area contributed by atoms with Crippen LogP contribution in [0.2, 0.25) is 0 Å². The number of carboxylic acid groups (broad SMARTS) is 1. The summed E-state index contributed by atoms with van der Waals surface area (Å²) in [6.07, 6.45) is 2.77. The van der Waals surface area contributed by atoms with Crippen LogP contribution in [0.3, 0.4) is 0 Å². The molecular formula is C11H7FN2O3. The second-order valence-corrected chi connectivity index (χ2v) is 3.10. The van der Waals surface area contributed by atoms with Gasteiger partial charge in [-0.25, -0.2) is 19.2 Å². The Morgan fingerprint density at radius 1 is 1.35 bits per heavy atom. The number of hydrogen-bond donors (Lipinski definition) is 1. The van der Waals surface area contributed by atoms with Crippen LogP contribution >= 0.6 is 0 Å². The summed E-state index contributed by atoms with van der Waals surface area (Å²) in [6.45, 7) is 0. The topological polar surface area (TPSA) is 72.3 Å². The van der Waals surface area contributed by atoms with Gasteiger partial charge in [-0.3, -0.25) is 0 Å². The normalized spacial score (nSPS) is 9.94. The van der Waals surface area contributed by atoms with Crippen molar-refractivity contribution in [2.45, 2.75) is 0 Å². The lowest BCUT2D eigenvalue weighted by atomic mass is 10.2. The Morgan fingerprint density at radius 3 is 2.76 bits per heavy atom. The average Bonchev–Trinajstić information content (AvgIpc) is 2.30. The van der Waals surface area contributed by atoms with E-state index in [9.17, 15) is 9.18 Å². The lowest BCUT2D eigenvalue weighted by Crippen LogP contribution is -2.00. The summed E-state index contributed by atoms with van der Waals surface area (Å²) in [5, 5.41) is 8.64. The maximum atomic E-state index is 13.3. The van der Waals surface area contributed by atoms with Gasteiger partial charge >= 0.3 is 5.97 Å². The predicted octanol–water partition coefficient (Wildman–Crippen LogP) is 2.11. The lowest BCUT2D eigenvalue weighted by Gasteiger charge is -2.04. The number of aromatic nitrogens is 2. The molecule has 0 aliphatic heterocycles. The van der Waals surface area contributed by atoms with E-state index in [1.807, 2.05) is 0 Å². The number of rotatable bonds is 3. The zero-order valence-corrected chi connectivity index (χ0v) is 8.50. The fourth-order valence-electron chi connectivity index (χ4n) is 1.19. The number of halogens is 1. The summed E-state index contributed by atoms with van der Waals surface area (Å²) >= 11 is 0. The summed E-state index contributed by atoms with van der Waals surface area (Å²) in [5.41, 5.74) is -0.403. The van der Waals surface area contributed by atoms with Crippen LogP contribution in [0.4, 0.5) is 4.39 Å². The summed E-state index contributed by atoms with van der Waals surface area (Å²) < 4.78 is 18.5. The average molecular weight is 234 g/mol. The maximum absolute atomic E-state index is 13.3. The predicted molar refractivity (Wildman–Crippen MR) is 55.5 cm³/mol. The van der Waals surface area contributed by atoms with Gasteiger partial charge in [0, 0.05) is 18.3 Å². The number of benzene rings is 1. The quantitative estimate of drug-likeness (QED) is 0.880. The van der Waals surface area contributed by atoms with E-state index in [0.29, 0.717) is 0 Å². The van der Waals surface area contributed by atoms with Gasteiger partial charge in [0.15, 0.2) is 0 Å². The van der Waals surface area contributed by atoms with Crippen LogP contribution in [0, 0.1) is 5.82 Å². The van der Waals surface area contributed by atoms with Gasteiger partial charge < -0.3 is 9.84 Å². The third kappa shape index (κ3) is 2.54. The van der Waals surface area contributed by atoms with E-state index in [1.54, 1.807) is 0 Å². The van der Waals surface area contributed by atoms with Gasteiger partial charge in [-0.05, 0) is 12.1 Å². The highest BCUT2D eigenvalue weighted by molar-refractivity contribution is 5.88. The standard InChI is InChI=1S/C11H7FN2O3/c12-9-5-7(1-2-8(9)11(15)16)17-10-3-4-13-6-14-10/h1-6H,(H,15,16). The van der Waals surface area contributed by atoms with Crippen LogP contribution < -0.4 is 4.74 Å². The third-order valence-electron chi connectivity index (χ3n) is 1.95. The Bertz CT molecular complexity index is 546. The van der Waals surface area contributed by atoms with Crippen molar-refractivity contribution in [1.82, 2.24) is 9.97 Å². The molecule has 0 spiro atoms. The van der Waals surface area contributed by atoms with Gasteiger partial charge in [-0.2, -0.15) is 0 Å². The van der Waals surface area contributed by atoms with Crippen molar-refractivity contribution in [2.24, 2.45) is 0 Å². The van der Waals surface area contributed by atoms with E-state index >= 15 is 0 Å². The first-order valence-electron chi connectivity index (χ1n) is 4.63. The minimum Gasteiger partial charge on any atom is -0.478 e. The molecule has 0 fully saturated rings. The van der Waals surface area contributed by atoms with Gasteiger partial charge in [0.2, 0.25) is 5.88 Å². The van der Waals surface area contributed by atoms with Crippen LogP contribution in [0.25, 0.3) is 0 Å². The highest BCUT2D eigenvalue weighted by atomic mass is 19.1. The molecule has 0 saturated heterocycles. The molecule has 86 valence electrons. The van der Waals surface area contributed by atoms with Crippen LogP contribution in [0.5, 0.6) is 11.6 Å². The van der Waals surface area contributed by atoms with Gasteiger partial charge in [-0.15, -0.1) is 0 Å². The summed E-state index contributed by atoms with van der Waals surface area (Å²) in [6, 6.07) is 4.98. The molecule has 6 heteroatoms. The molecule has 0 bridgehead atoms. The first-order chi connectivity index (χ1) is 8.16. The Balaban J connectivity index is 2.24. The van der Waals surface area contributed by atoms with Crippen molar-refractivity contribution in [2.75, 3.05) is 0 Å². The van der Waals surface area contributed by atoms with Crippen molar-refractivity contribution in [3.05, 3.63) is 48.2 Å². The van der Waals surface area contributed by atoms with Crippen molar-refractivity contribution in [3.63, 3.8) is 0 Å². The zero-order valence-electron chi connectivity index (χ0n) is 8.50. The van der Waals surface area contributed by atoms with Gasteiger partial charge in [0.05, 0.1) is 5.56 Å². The van der Waals surface area contributed by atoms with E-state index in [-0.39, 0.29) is 11.6 Å². The first-order valence-corrected chi connectivity index (χ1v) is 4.63. The van der Waals surface area contributed by atoms with Gasteiger partial charge in [0.1, 0.15) is 17.9 Å². The monoisotopic (exact) mass is 234 g/mol. The van der Waals surface area contributed by atoms with Crippen LogP contribution in [-0.2, 0) is 0 Å². The number of ether oxygens (including phenoxy) is 1. The number of hydrogen-bond acceptors (Lipinski definition) is 4. The molecule has 1 aromatic carbocycles. The molecule has 2 rings (SSSR count). The molecule has 0 saturated carbocycles.